The Morgan fingerprint density at radius 3 is 2.37 bits per heavy atom. The van der Waals surface area contributed by atoms with E-state index in [4.69, 9.17) is 9.47 Å². The van der Waals surface area contributed by atoms with Gasteiger partial charge in [-0.05, 0) is 63.4 Å². The maximum Gasteiger partial charge on any atom is 0.310 e. The van der Waals surface area contributed by atoms with E-state index in [0.717, 1.165) is 27.7 Å². The minimum absolute atomic E-state index is 0.00181. The Bertz CT molecular complexity index is 1060. The predicted octanol–water partition coefficient (Wildman–Crippen LogP) is 5.12. The molecule has 0 atom stereocenters. The predicted molar refractivity (Wildman–Crippen MR) is 118 cm³/mol. The second-order valence-corrected chi connectivity index (χ2v) is 8.43. The lowest BCUT2D eigenvalue weighted by molar-refractivity contribution is -0.153. The highest BCUT2D eigenvalue weighted by Gasteiger charge is 2.23. The molecule has 158 valence electrons. The van der Waals surface area contributed by atoms with Crippen LogP contribution in [0.5, 0.6) is 5.75 Å². The number of hydrogen-bond donors (Lipinski definition) is 0. The summed E-state index contributed by atoms with van der Waals surface area (Å²) in [6, 6.07) is 15.5. The molecule has 5 heteroatoms. The normalized spacial score (nSPS) is 11.5. The first-order valence-corrected chi connectivity index (χ1v) is 10.2. The van der Waals surface area contributed by atoms with Crippen molar-refractivity contribution >= 4 is 22.8 Å². The number of aromatic nitrogens is 1. The van der Waals surface area contributed by atoms with E-state index in [1.54, 1.807) is 11.7 Å². The van der Waals surface area contributed by atoms with Crippen molar-refractivity contribution in [3.05, 3.63) is 65.4 Å². The van der Waals surface area contributed by atoms with Crippen LogP contribution >= 0.6 is 0 Å². The zero-order valence-corrected chi connectivity index (χ0v) is 18.3. The van der Waals surface area contributed by atoms with Gasteiger partial charge in [-0.3, -0.25) is 14.2 Å². The number of carbonyl (C=O) groups is 2. The minimum atomic E-state index is -0.563. The number of nitrogens with zero attached hydrogens (tertiary/aromatic N) is 1. The topological polar surface area (TPSA) is 57.5 Å². The molecule has 0 unspecified atom stereocenters. The number of carbonyl (C=O) groups excluding carboxylic acids is 2. The van der Waals surface area contributed by atoms with Gasteiger partial charge in [-0.15, -0.1) is 0 Å². The molecule has 3 rings (SSSR count). The van der Waals surface area contributed by atoms with Crippen LogP contribution in [-0.2, 0) is 22.4 Å². The van der Waals surface area contributed by atoms with Crippen molar-refractivity contribution in [2.75, 3.05) is 7.11 Å². The standard InChI is InChI=1S/C25H29NO4/c1-17-20(16-24(28)30-25(2,3)4)21-15-19(29-5)12-13-22(21)26(17)23(27)14-11-18-9-7-6-8-10-18/h6-10,12-13,15H,11,14,16H2,1-5H3. The summed E-state index contributed by atoms with van der Waals surface area (Å²) in [5.74, 6) is 0.369. The summed E-state index contributed by atoms with van der Waals surface area (Å²) < 4.78 is 12.6. The largest absolute Gasteiger partial charge is 0.497 e. The highest BCUT2D eigenvalue weighted by Crippen LogP contribution is 2.31. The monoisotopic (exact) mass is 407 g/mol. The third kappa shape index (κ3) is 4.90. The molecule has 0 fully saturated rings. The fraction of sp³-hybridized carbons (Fsp3) is 0.360. The van der Waals surface area contributed by atoms with Crippen molar-refractivity contribution in [2.45, 2.75) is 52.6 Å². The highest BCUT2D eigenvalue weighted by atomic mass is 16.6. The van der Waals surface area contributed by atoms with Crippen LogP contribution in [0.3, 0.4) is 0 Å². The molecular formula is C25H29NO4. The number of ether oxygens (including phenoxy) is 2. The molecule has 1 aromatic heterocycles. The summed E-state index contributed by atoms with van der Waals surface area (Å²) in [5, 5.41) is 0.839. The van der Waals surface area contributed by atoms with Crippen molar-refractivity contribution < 1.29 is 19.1 Å². The third-order valence-corrected chi connectivity index (χ3v) is 5.00. The molecule has 30 heavy (non-hydrogen) atoms. The van der Waals surface area contributed by atoms with Crippen molar-refractivity contribution in [3.8, 4) is 5.75 Å². The van der Waals surface area contributed by atoms with Crippen molar-refractivity contribution in [1.29, 1.82) is 0 Å². The SMILES string of the molecule is COc1ccc2c(c1)c(CC(=O)OC(C)(C)C)c(C)n2C(=O)CCc1ccccc1. The van der Waals surface area contributed by atoms with Crippen molar-refractivity contribution in [1.82, 2.24) is 4.57 Å². The van der Waals surface area contributed by atoms with Gasteiger partial charge in [0.2, 0.25) is 5.91 Å². The minimum Gasteiger partial charge on any atom is -0.497 e. The number of hydrogen-bond acceptors (Lipinski definition) is 4. The van der Waals surface area contributed by atoms with Gasteiger partial charge in [0, 0.05) is 17.5 Å². The van der Waals surface area contributed by atoms with E-state index in [1.807, 2.05) is 76.2 Å². The van der Waals surface area contributed by atoms with E-state index in [9.17, 15) is 9.59 Å². The van der Waals surface area contributed by atoms with Crippen LogP contribution in [0.4, 0.5) is 0 Å². The molecule has 0 N–H and O–H groups in total. The average Bonchev–Trinajstić information content (AvgIpc) is 2.96. The lowest BCUT2D eigenvalue weighted by Gasteiger charge is -2.19. The number of methoxy groups -OCH3 is 1. The zero-order chi connectivity index (χ0) is 21.9. The van der Waals surface area contributed by atoms with E-state index >= 15 is 0 Å². The second-order valence-electron chi connectivity index (χ2n) is 8.43. The summed E-state index contributed by atoms with van der Waals surface area (Å²) in [5.41, 5.74) is 2.90. The van der Waals surface area contributed by atoms with Crippen LogP contribution in [0.1, 0.15) is 48.8 Å². The molecule has 0 amide bonds. The number of benzene rings is 2. The summed E-state index contributed by atoms with van der Waals surface area (Å²) in [6.45, 7) is 7.41. The van der Waals surface area contributed by atoms with Gasteiger partial charge < -0.3 is 9.47 Å². The Labute approximate surface area is 177 Å². The molecule has 0 aliphatic rings. The number of aryl methyl sites for hydroxylation is 1. The molecule has 1 heterocycles. The fourth-order valence-corrected chi connectivity index (χ4v) is 3.66. The zero-order valence-electron chi connectivity index (χ0n) is 18.3. The van der Waals surface area contributed by atoms with Gasteiger partial charge in [-0.2, -0.15) is 0 Å². The second kappa shape index (κ2) is 8.74. The van der Waals surface area contributed by atoms with Crippen LogP contribution in [0.25, 0.3) is 10.9 Å². The maximum absolute atomic E-state index is 13.2. The Hall–Kier alpha value is -3.08. The summed E-state index contributed by atoms with van der Waals surface area (Å²) in [4.78, 5) is 25.7. The first kappa shape index (κ1) is 21.6. The number of fused-ring (bicyclic) bond motifs is 1. The molecule has 0 spiro atoms. The van der Waals surface area contributed by atoms with Crippen LogP contribution in [-0.4, -0.2) is 29.2 Å². The molecule has 0 saturated carbocycles. The highest BCUT2D eigenvalue weighted by molar-refractivity contribution is 5.98. The van der Waals surface area contributed by atoms with Crippen molar-refractivity contribution in [3.63, 3.8) is 0 Å². The van der Waals surface area contributed by atoms with Crippen LogP contribution in [0.2, 0.25) is 0 Å². The average molecular weight is 408 g/mol. The summed E-state index contributed by atoms with van der Waals surface area (Å²) in [6.07, 6.45) is 1.15. The van der Waals surface area contributed by atoms with Crippen molar-refractivity contribution in [2.24, 2.45) is 0 Å². The Morgan fingerprint density at radius 1 is 1.03 bits per heavy atom. The Kier molecular flexibility index (Phi) is 6.30. The van der Waals surface area contributed by atoms with Gasteiger partial charge in [0.05, 0.1) is 19.0 Å². The van der Waals surface area contributed by atoms with E-state index in [0.29, 0.717) is 18.6 Å². The number of esters is 1. The lowest BCUT2D eigenvalue weighted by Crippen LogP contribution is -2.25. The number of rotatable bonds is 6. The van der Waals surface area contributed by atoms with E-state index in [1.165, 1.54) is 0 Å². The molecule has 2 aromatic carbocycles. The van der Waals surface area contributed by atoms with Gasteiger partial charge in [0.15, 0.2) is 0 Å². The third-order valence-electron chi connectivity index (χ3n) is 5.00. The van der Waals surface area contributed by atoms with Gasteiger partial charge in [-0.1, -0.05) is 30.3 Å². The summed E-state index contributed by atoms with van der Waals surface area (Å²) >= 11 is 0. The van der Waals surface area contributed by atoms with Crippen LogP contribution in [0, 0.1) is 6.92 Å². The maximum atomic E-state index is 13.2. The molecule has 0 aliphatic carbocycles. The Morgan fingerprint density at radius 2 is 1.73 bits per heavy atom. The van der Waals surface area contributed by atoms with Crippen LogP contribution < -0.4 is 4.74 Å². The fourth-order valence-electron chi connectivity index (χ4n) is 3.66. The lowest BCUT2D eigenvalue weighted by atomic mass is 10.1. The van der Waals surface area contributed by atoms with E-state index < -0.39 is 5.60 Å². The molecule has 0 saturated heterocycles. The molecular weight excluding hydrogens is 378 g/mol. The van der Waals surface area contributed by atoms with Gasteiger partial charge >= 0.3 is 5.97 Å². The first-order chi connectivity index (χ1) is 14.2. The van der Waals surface area contributed by atoms with Gasteiger partial charge in [0.1, 0.15) is 11.4 Å². The van der Waals surface area contributed by atoms with E-state index in [2.05, 4.69) is 0 Å². The Balaban J connectivity index is 1.96. The molecule has 0 bridgehead atoms. The van der Waals surface area contributed by atoms with Gasteiger partial charge in [-0.25, -0.2) is 0 Å². The molecule has 0 radical (unpaired) electrons. The van der Waals surface area contributed by atoms with E-state index in [-0.39, 0.29) is 18.3 Å². The summed E-state index contributed by atoms with van der Waals surface area (Å²) in [7, 11) is 1.60. The van der Waals surface area contributed by atoms with Gasteiger partial charge in [0.25, 0.3) is 0 Å². The quantitative estimate of drug-likeness (QED) is 0.533. The smallest absolute Gasteiger partial charge is 0.310 e. The molecule has 5 nitrogen and oxygen atoms in total. The van der Waals surface area contributed by atoms with Crippen LogP contribution in [0.15, 0.2) is 48.5 Å². The molecule has 0 aliphatic heterocycles. The first-order valence-electron chi connectivity index (χ1n) is 10.2. The molecule has 3 aromatic rings.